The summed E-state index contributed by atoms with van der Waals surface area (Å²) in [7, 11) is 0. The maximum atomic E-state index is 12.5. The molecule has 1 fully saturated rings. The van der Waals surface area contributed by atoms with Crippen molar-refractivity contribution in [2.45, 2.75) is 83.1 Å². The number of rotatable bonds is 10. The molecule has 29 heavy (non-hydrogen) atoms. The molecular weight excluding hydrogens is 364 g/mol. The first-order valence-electron chi connectivity index (χ1n) is 11.3. The lowest BCUT2D eigenvalue weighted by Crippen LogP contribution is -2.38. The predicted molar refractivity (Wildman–Crippen MR) is 113 cm³/mol. The zero-order chi connectivity index (χ0) is 20.3. The van der Waals surface area contributed by atoms with E-state index in [1.807, 2.05) is 6.07 Å². The summed E-state index contributed by atoms with van der Waals surface area (Å²) in [4.78, 5) is 12.5. The van der Waals surface area contributed by atoms with Crippen LogP contribution in [0, 0.1) is 17.2 Å². The Bertz CT molecular complexity index is 692. The van der Waals surface area contributed by atoms with Gasteiger partial charge >= 0.3 is 0 Å². The second-order valence-electron chi connectivity index (χ2n) is 8.41. The van der Waals surface area contributed by atoms with Gasteiger partial charge in [0.25, 0.3) is 0 Å². The van der Waals surface area contributed by atoms with E-state index < -0.39 is 0 Å². The maximum Gasteiger partial charge on any atom is 0.220 e. The first-order chi connectivity index (χ1) is 14.2. The average molecular weight is 399 g/mol. The molecule has 2 aliphatic rings. The Hall–Kier alpha value is -2.22. The van der Waals surface area contributed by atoms with Gasteiger partial charge in [-0.05, 0) is 49.3 Å². The molecule has 1 heterocycles. The minimum Gasteiger partial charge on any atom is -0.486 e. The third-order valence-electron chi connectivity index (χ3n) is 5.99. The fraction of sp³-hybridized carbons (Fsp3) is 0.667. The number of amides is 1. The van der Waals surface area contributed by atoms with Crippen LogP contribution in [0.2, 0.25) is 0 Å². The zero-order valence-corrected chi connectivity index (χ0v) is 17.5. The van der Waals surface area contributed by atoms with Crippen LogP contribution in [0.5, 0.6) is 11.5 Å². The second kappa shape index (κ2) is 11.7. The van der Waals surface area contributed by atoms with E-state index in [-0.39, 0.29) is 11.9 Å². The first kappa shape index (κ1) is 21.5. The van der Waals surface area contributed by atoms with Crippen molar-refractivity contribution in [1.29, 1.82) is 5.26 Å². The Morgan fingerprint density at radius 2 is 1.90 bits per heavy atom. The van der Waals surface area contributed by atoms with Gasteiger partial charge in [0.15, 0.2) is 11.5 Å². The molecule has 1 aliphatic carbocycles. The van der Waals surface area contributed by atoms with Crippen LogP contribution < -0.4 is 14.8 Å². The Kier molecular flexibility index (Phi) is 8.67. The van der Waals surface area contributed by atoms with Crippen molar-refractivity contribution in [1.82, 2.24) is 5.32 Å². The molecule has 0 aromatic heterocycles. The van der Waals surface area contributed by atoms with Crippen molar-refractivity contribution in [3.63, 3.8) is 0 Å². The highest BCUT2D eigenvalue weighted by atomic mass is 16.6. The molecular formula is C24H34N2O3. The van der Waals surface area contributed by atoms with Gasteiger partial charge < -0.3 is 14.8 Å². The van der Waals surface area contributed by atoms with Crippen molar-refractivity contribution in [2.75, 3.05) is 13.2 Å². The van der Waals surface area contributed by atoms with Gasteiger partial charge in [0.2, 0.25) is 5.91 Å². The first-order valence-corrected chi connectivity index (χ1v) is 11.3. The van der Waals surface area contributed by atoms with Crippen LogP contribution in [-0.4, -0.2) is 25.2 Å². The van der Waals surface area contributed by atoms with Crippen molar-refractivity contribution in [3.05, 3.63) is 23.8 Å². The van der Waals surface area contributed by atoms with E-state index in [9.17, 15) is 4.79 Å². The fourth-order valence-corrected chi connectivity index (χ4v) is 4.48. The minimum atomic E-state index is 0.139. The smallest absolute Gasteiger partial charge is 0.220 e. The van der Waals surface area contributed by atoms with E-state index >= 15 is 0 Å². The zero-order valence-electron chi connectivity index (χ0n) is 17.5. The van der Waals surface area contributed by atoms with Crippen molar-refractivity contribution in [2.24, 2.45) is 5.92 Å². The molecule has 1 saturated carbocycles. The Balaban J connectivity index is 1.56. The van der Waals surface area contributed by atoms with Gasteiger partial charge in [-0.15, -0.1) is 0 Å². The lowest BCUT2D eigenvalue weighted by Gasteiger charge is -2.28. The SMILES string of the molecule is N#CCCCCCC(=O)NC(Cc1ccc2c(c1)OCCO2)CC1CCCCC1. The molecule has 5 heteroatoms. The van der Waals surface area contributed by atoms with Gasteiger partial charge in [0.05, 0.1) is 6.07 Å². The van der Waals surface area contributed by atoms with Gasteiger partial charge in [-0.2, -0.15) is 5.26 Å². The quantitative estimate of drug-likeness (QED) is 0.567. The number of carbonyl (C=O) groups excluding carboxylic acids is 1. The summed E-state index contributed by atoms with van der Waals surface area (Å²) in [6.07, 6.45) is 12.2. The maximum absolute atomic E-state index is 12.5. The molecule has 5 nitrogen and oxygen atoms in total. The van der Waals surface area contributed by atoms with Gasteiger partial charge in [-0.3, -0.25) is 4.79 Å². The standard InChI is InChI=1S/C24H34N2O3/c25-13-7-2-1-6-10-24(27)26-21(16-19-8-4-3-5-9-19)17-20-11-12-22-23(18-20)29-15-14-28-22/h11-12,18-19,21H,1-10,14-17H2,(H,26,27). The molecule has 0 bridgehead atoms. The van der Waals surface area contributed by atoms with Crippen LogP contribution in [0.4, 0.5) is 0 Å². The minimum absolute atomic E-state index is 0.139. The van der Waals surface area contributed by atoms with E-state index in [2.05, 4.69) is 23.5 Å². The van der Waals surface area contributed by atoms with E-state index in [0.29, 0.717) is 32.0 Å². The fourth-order valence-electron chi connectivity index (χ4n) is 4.48. The number of carbonyl (C=O) groups is 1. The molecule has 1 atom stereocenters. The summed E-state index contributed by atoms with van der Waals surface area (Å²) in [6.45, 7) is 1.19. The average Bonchev–Trinajstić information content (AvgIpc) is 2.74. The van der Waals surface area contributed by atoms with Crippen molar-refractivity contribution < 1.29 is 14.3 Å². The molecule has 1 aromatic carbocycles. The van der Waals surface area contributed by atoms with Gasteiger partial charge in [-0.25, -0.2) is 0 Å². The number of fused-ring (bicyclic) bond motifs is 1. The highest BCUT2D eigenvalue weighted by Gasteiger charge is 2.22. The molecule has 0 spiro atoms. The lowest BCUT2D eigenvalue weighted by atomic mass is 9.83. The van der Waals surface area contributed by atoms with Crippen LogP contribution in [0.3, 0.4) is 0 Å². The molecule has 158 valence electrons. The van der Waals surface area contributed by atoms with Crippen molar-refractivity contribution >= 4 is 5.91 Å². The number of hydrogen-bond acceptors (Lipinski definition) is 4. The Labute approximate surface area is 174 Å². The summed E-state index contributed by atoms with van der Waals surface area (Å²) in [5.74, 6) is 2.47. The van der Waals surface area contributed by atoms with Crippen molar-refractivity contribution in [3.8, 4) is 17.6 Å². The lowest BCUT2D eigenvalue weighted by molar-refractivity contribution is -0.122. The van der Waals surface area contributed by atoms with Crippen LogP contribution in [0.25, 0.3) is 0 Å². The number of nitrogens with zero attached hydrogens (tertiary/aromatic N) is 1. The topological polar surface area (TPSA) is 71.4 Å². The van der Waals surface area contributed by atoms with Gasteiger partial charge in [-0.1, -0.05) is 44.6 Å². The number of unbranched alkanes of at least 4 members (excludes halogenated alkanes) is 3. The molecule has 1 N–H and O–H groups in total. The highest BCUT2D eigenvalue weighted by molar-refractivity contribution is 5.76. The Morgan fingerprint density at radius 1 is 1.10 bits per heavy atom. The normalized spacial score (nSPS) is 17.3. The number of hydrogen-bond donors (Lipinski definition) is 1. The van der Waals surface area contributed by atoms with E-state index in [1.165, 1.54) is 37.7 Å². The van der Waals surface area contributed by atoms with Crippen LogP contribution in [0.15, 0.2) is 18.2 Å². The monoisotopic (exact) mass is 398 g/mol. The largest absolute Gasteiger partial charge is 0.486 e. The summed E-state index contributed by atoms with van der Waals surface area (Å²) in [5.41, 5.74) is 1.18. The highest BCUT2D eigenvalue weighted by Crippen LogP contribution is 2.32. The van der Waals surface area contributed by atoms with Crippen LogP contribution in [-0.2, 0) is 11.2 Å². The third-order valence-corrected chi connectivity index (χ3v) is 5.99. The summed E-state index contributed by atoms with van der Waals surface area (Å²) in [5, 5.41) is 11.9. The molecule has 0 radical (unpaired) electrons. The Morgan fingerprint density at radius 3 is 2.69 bits per heavy atom. The predicted octanol–water partition coefficient (Wildman–Crippen LogP) is 4.93. The molecule has 1 aliphatic heterocycles. The van der Waals surface area contributed by atoms with Gasteiger partial charge in [0.1, 0.15) is 13.2 Å². The summed E-state index contributed by atoms with van der Waals surface area (Å²) < 4.78 is 11.4. The van der Waals surface area contributed by atoms with E-state index in [0.717, 1.165) is 43.6 Å². The molecule has 1 aromatic rings. The van der Waals surface area contributed by atoms with E-state index in [4.69, 9.17) is 14.7 Å². The molecule has 0 saturated heterocycles. The number of nitrogens with one attached hydrogen (secondary N) is 1. The molecule has 1 unspecified atom stereocenters. The summed E-state index contributed by atoms with van der Waals surface area (Å²) in [6, 6.07) is 8.47. The van der Waals surface area contributed by atoms with Gasteiger partial charge in [0, 0.05) is 18.9 Å². The summed E-state index contributed by atoms with van der Waals surface area (Å²) >= 11 is 0. The molecule has 1 amide bonds. The number of ether oxygens (including phenoxy) is 2. The third kappa shape index (κ3) is 7.27. The number of benzene rings is 1. The van der Waals surface area contributed by atoms with Crippen LogP contribution >= 0.6 is 0 Å². The van der Waals surface area contributed by atoms with E-state index in [1.54, 1.807) is 0 Å². The second-order valence-corrected chi connectivity index (χ2v) is 8.41. The molecule has 3 rings (SSSR count). The van der Waals surface area contributed by atoms with Crippen LogP contribution in [0.1, 0.15) is 76.2 Å². The number of nitriles is 1.